The molecule has 0 fully saturated rings. The third-order valence-electron chi connectivity index (χ3n) is 3.57. The number of nitrogens with zero attached hydrogens (tertiary/aromatic N) is 4. The summed E-state index contributed by atoms with van der Waals surface area (Å²) in [4.78, 5) is 20.2. The maximum Gasteiger partial charge on any atom is 0.259 e. The molecule has 1 amide bonds. The number of pyridine rings is 1. The summed E-state index contributed by atoms with van der Waals surface area (Å²) in [6.07, 6.45) is 3.62. The van der Waals surface area contributed by atoms with Gasteiger partial charge in [-0.25, -0.2) is 8.42 Å². The van der Waals surface area contributed by atoms with Crippen molar-refractivity contribution in [1.82, 2.24) is 24.7 Å². The maximum atomic E-state index is 12.3. The molecule has 27 heavy (non-hydrogen) atoms. The number of thiophene rings is 1. The number of carbonyl (C=O) groups is 1. The van der Waals surface area contributed by atoms with Crippen LogP contribution in [0.15, 0.2) is 50.8 Å². The maximum absolute atomic E-state index is 12.3. The first-order chi connectivity index (χ1) is 13.0. The number of hydrogen-bond acceptors (Lipinski definition) is 8. The van der Waals surface area contributed by atoms with Gasteiger partial charge in [0.05, 0.1) is 12.1 Å². The highest BCUT2D eigenvalue weighted by Crippen LogP contribution is 2.19. The quantitative estimate of drug-likeness (QED) is 0.595. The Hall–Kier alpha value is -2.63. The minimum Gasteiger partial charge on any atom is -0.355 e. The predicted octanol–water partition coefficient (Wildman–Crippen LogP) is 1.17. The smallest absolute Gasteiger partial charge is 0.259 e. The van der Waals surface area contributed by atoms with Crippen LogP contribution in [0.5, 0.6) is 0 Å². The summed E-state index contributed by atoms with van der Waals surface area (Å²) in [5, 5.41) is 8.18. The molecular weight excluding hydrogens is 390 g/mol. The van der Waals surface area contributed by atoms with Gasteiger partial charge in [-0.15, -0.1) is 11.3 Å². The van der Waals surface area contributed by atoms with Gasteiger partial charge in [-0.2, -0.15) is 9.29 Å². The molecule has 0 unspecified atom stereocenters. The van der Waals surface area contributed by atoms with E-state index in [4.69, 9.17) is 4.52 Å². The van der Waals surface area contributed by atoms with Crippen molar-refractivity contribution < 1.29 is 17.7 Å². The highest BCUT2D eigenvalue weighted by molar-refractivity contribution is 7.91. The van der Waals surface area contributed by atoms with Crippen molar-refractivity contribution in [2.75, 3.05) is 20.1 Å². The summed E-state index contributed by atoms with van der Waals surface area (Å²) in [5.41, 5.74) is 0.709. The Morgan fingerprint density at radius 2 is 2.19 bits per heavy atom. The van der Waals surface area contributed by atoms with Gasteiger partial charge in [-0.3, -0.25) is 9.78 Å². The van der Waals surface area contributed by atoms with Crippen LogP contribution in [0.25, 0.3) is 11.5 Å². The van der Waals surface area contributed by atoms with Gasteiger partial charge >= 0.3 is 0 Å². The number of nitrogens with one attached hydrogen (secondary N) is 1. The molecule has 0 aliphatic carbocycles. The number of aromatic nitrogens is 3. The van der Waals surface area contributed by atoms with E-state index in [0.717, 1.165) is 15.6 Å². The molecule has 0 spiro atoms. The molecule has 3 heterocycles. The first-order valence-electron chi connectivity index (χ1n) is 7.96. The topological polar surface area (TPSA) is 118 Å². The van der Waals surface area contributed by atoms with E-state index < -0.39 is 15.9 Å². The van der Waals surface area contributed by atoms with Gasteiger partial charge < -0.3 is 9.84 Å². The molecule has 0 bridgehead atoms. The van der Waals surface area contributed by atoms with E-state index in [0.29, 0.717) is 23.7 Å². The normalized spacial score (nSPS) is 11.6. The van der Waals surface area contributed by atoms with E-state index in [9.17, 15) is 13.2 Å². The summed E-state index contributed by atoms with van der Waals surface area (Å²) in [6.45, 7) is -0.00878. The molecule has 0 radical (unpaired) electrons. The Kier molecular flexibility index (Phi) is 5.94. The van der Waals surface area contributed by atoms with Gasteiger partial charge in [-0.05, 0) is 23.6 Å². The van der Waals surface area contributed by atoms with E-state index >= 15 is 0 Å². The lowest BCUT2D eigenvalue weighted by Crippen LogP contribution is -2.38. The fraction of sp³-hybridized carbons (Fsp3) is 0.250. The van der Waals surface area contributed by atoms with Crippen molar-refractivity contribution >= 4 is 27.3 Å². The van der Waals surface area contributed by atoms with Crippen LogP contribution in [0.2, 0.25) is 0 Å². The number of sulfonamides is 1. The molecule has 0 atom stereocenters. The van der Waals surface area contributed by atoms with Crippen LogP contribution in [0.3, 0.4) is 0 Å². The van der Waals surface area contributed by atoms with E-state index in [1.165, 1.54) is 13.1 Å². The SMILES string of the molecule is CN(CC(=O)NCCc1noc(-c2cccnc2)n1)S(=O)(=O)c1cccs1. The lowest BCUT2D eigenvalue weighted by atomic mass is 10.3. The number of amides is 1. The molecule has 3 rings (SSSR count). The Morgan fingerprint density at radius 3 is 2.89 bits per heavy atom. The van der Waals surface area contributed by atoms with Gasteiger partial charge in [0.15, 0.2) is 5.82 Å². The standard InChI is InChI=1S/C16H17N5O4S2/c1-21(27(23,24)15-5-3-9-26-15)11-14(22)18-8-6-13-19-16(25-20-13)12-4-2-7-17-10-12/h2-5,7,9-10H,6,8,11H2,1H3,(H,18,22). The van der Waals surface area contributed by atoms with Crippen LogP contribution >= 0.6 is 11.3 Å². The van der Waals surface area contributed by atoms with Crippen molar-refractivity contribution in [3.05, 3.63) is 47.9 Å². The van der Waals surface area contributed by atoms with Gasteiger partial charge in [-0.1, -0.05) is 11.2 Å². The first kappa shape index (κ1) is 19.1. The minimum absolute atomic E-state index is 0.201. The predicted molar refractivity (Wildman–Crippen MR) is 98.4 cm³/mol. The lowest BCUT2D eigenvalue weighted by Gasteiger charge is -2.15. The van der Waals surface area contributed by atoms with Crippen LogP contribution in [0.4, 0.5) is 0 Å². The largest absolute Gasteiger partial charge is 0.355 e. The highest BCUT2D eigenvalue weighted by atomic mass is 32.2. The average molecular weight is 407 g/mol. The van der Waals surface area contributed by atoms with Crippen molar-refractivity contribution in [2.24, 2.45) is 0 Å². The van der Waals surface area contributed by atoms with Crippen molar-refractivity contribution in [2.45, 2.75) is 10.6 Å². The second kappa shape index (κ2) is 8.37. The third-order valence-corrected chi connectivity index (χ3v) is 6.75. The number of likely N-dealkylation sites (N-methyl/N-ethyl adjacent to an activating group) is 1. The molecule has 0 saturated heterocycles. The number of rotatable bonds is 8. The fourth-order valence-electron chi connectivity index (χ4n) is 2.18. The van der Waals surface area contributed by atoms with Crippen LogP contribution in [-0.2, 0) is 21.2 Å². The van der Waals surface area contributed by atoms with Crippen molar-refractivity contribution in [1.29, 1.82) is 0 Å². The van der Waals surface area contributed by atoms with Crippen LogP contribution in [-0.4, -0.2) is 53.9 Å². The van der Waals surface area contributed by atoms with E-state index in [-0.39, 0.29) is 17.3 Å². The molecular formula is C16H17N5O4S2. The highest BCUT2D eigenvalue weighted by Gasteiger charge is 2.23. The second-order valence-corrected chi connectivity index (χ2v) is 8.77. The summed E-state index contributed by atoms with van der Waals surface area (Å²) >= 11 is 1.11. The summed E-state index contributed by atoms with van der Waals surface area (Å²) in [6, 6.07) is 6.72. The van der Waals surface area contributed by atoms with Crippen molar-refractivity contribution in [3.8, 4) is 11.5 Å². The summed E-state index contributed by atoms with van der Waals surface area (Å²) < 4.78 is 30.9. The summed E-state index contributed by atoms with van der Waals surface area (Å²) in [7, 11) is -2.28. The van der Waals surface area contributed by atoms with Gasteiger partial charge in [0.25, 0.3) is 15.9 Å². The first-order valence-corrected chi connectivity index (χ1v) is 10.3. The van der Waals surface area contributed by atoms with E-state index in [1.807, 2.05) is 0 Å². The molecule has 1 N–H and O–H groups in total. The molecule has 9 nitrogen and oxygen atoms in total. The number of carbonyl (C=O) groups excluding carboxylic acids is 1. The zero-order valence-corrected chi connectivity index (χ0v) is 16.0. The van der Waals surface area contributed by atoms with Gasteiger partial charge in [0.1, 0.15) is 4.21 Å². The zero-order valence-electron chi connectivity index (χ0n) is 14.4. The molecule has 0 aromatic carbocycles. The van der Waals surface area contributed by atoms with Crippen LogP contribution in [0, 0.1) is 0 Å². The van der Waals surface area contributed by atoms with Gasteiger partial charge in [0.2, 0.25) is 5.91 Å². The molecule has 0 aliphatic rings. The fourth-order valence-corrected chi connectivity index (χ4v) is 4.51. The average Bonchev–Trinajstić information content (AvgIpc) is 3.35. The zero-order chi connectivity index (χ0) is 19.3. The van der Waals surface area contributed by atoms with E-state index in [1.54, 1.807) is 36.0 Å². The summed E-state index contributed by atoms with van der Waals surface area (Å²) in [5.74, 6) is 0.383. The third kappa shape index (κ3) is 4.76. The van der Waals surface area contributed by atoms with Crippen LogP contribution in [0.1, 0.15) is 5.82 Å². The molecule has 142 valence electrons. The Morgan fingerprint density at radius 1 is 1.33 bits per heavy atom. The Labute approximate surface area is 160 Å². The molecule has 3 aromatic heterocycles. The molecule has 0 aliphatic heterocycles. The van der Waals surface area contributed by atoms with Crippen molar-refractivity contribution in [3.63, 3.8) is 0 Å². The molecule has 0 saturated carbocycles. The van der Waals surface area contributed by atoms with Crippen LogP contribution < -0.4 is 5.32 Å². The monoisotopic (exact) mass is 407 g/mol. The van der Waals surface area contributed by atoms with Gasteiger partial charge in [0, 0.05) is 32.4 Å². The molecule has 11 heteroatoms. The lowest BCUT2D eigenvalue weighted by molar-refractivity contribution is -0.121. The second-order valence-electron chi connectivity index (χ2n) is 5.55. The Bertz CT molecular complexity index is 987. The Balaban J connectivity index is 1.48. The molecule has 3 aromatic rings. The minimum atomic E-state index is -3.65. The van der Waals surface area contributed by atoms with E-state index in [2.05, 4.69) is 20.4 Å². The number of hydrogen-bond donors (Lipinski definition) is 1.